The highest BCUT2D eigenvalue weighted by Crippen LogP contribution is 2.22. The monoisotopic (exact) mass is 298 g/mol. The second-order valence-electron chi connectivity index (χ2n) is 5.91. The molecule has 0 N–H and O–H groups in total. The fraction of sp³-hybridized carbons (Fsp3) is 0.867. The van der Waals surface area contributed by atoms with Crippen LogP contribution >= 0.6 is 11.8 Å². The van der Waals surface area contributed by atoms with E-state index in [0.717, 1.165) is 58.3 Å². The van der Waals surface area contributed by atoms with Crippen molar-refractivity contribution in [1.29, 1.82) is 0 Å². The van der Waals surface area contributed by atoms with Crippen molar-refractivity contribution in [2.24, 2.45) is 5.92 Å². The van der Waals surface area contributed by atoms with Crippen LogP contribution in [0.1, 0.15) is 38.5 Å². The first kappa shape index (κ1) is 15.7. The van der Waals surface area contributed by atoms with Crippen LogP contribution in [-0.2, 0) is 9.59 Å². The Labute approximate surface area is 126 Å². The Hall–Kier alpha value is -0.710. The lowest BCUT2D eigenvalue weighted by Crippen LogP contribution is -2.41. The predicted molar refractivity (Wildman–Crippen MR) is 82.7 cm³/mol. The summed E-state index contributed by atoms with van der Waals surface area (Å²) in [7, 11) is 0. The van der Waals surface area contributed by atoms with Crippen LogP contribution in [0.5, 0.6) is 0 Å². The van der Waals surface area contributed by atoms with Crippen LogP contribution < -0.4 is 0 Å². The van der Waals surface area contributed by atoms with Gasteiger partial charge in [-0.25, -0.2) is 0 Å². The van der Waals surface area contributed by atoms with Crippen LogP contribution in [0.4, 0.5) is 0 Å². The predicted octanol–water partition coefficient (Wildman–Crippen LogP) is 1.99. The maximum absolute atomic E-state index is 12.0. The van der Waals surface area contributed by atoms with Gasteiger partial charge in [0.25, 0.3) is 0 Å². The van der Waals surface area contributed by atoms with Crippen molar-refractivity contribution >= 4 is 23.6 Å². The number of nitrogens with zero attached hydrogens (tertiary/aromatic N) is 2. The van der Waals surface area contributed by atoms with E-state index in [-0.39, 0.29) is 5.91 Å². The lowest BCUT2D eigenvalue weighted by atomic mass is 9.93. The van der Waals surface area contributed by atoms with Crippen molar-refractivity contribution in [2.45, 2.75) is 38.5 Å². The minimum Gasteiger partial charge on any atom is -0.343 e. The first-order valence-electron chi connectivity index (χ1n) is 7.75. The molecule has 4 nitrogen and oxygen atoms in total. The molecule has 0 spiro atoms. The Balaban J connectivity index is 1.72. The average Bonchev–Trinajstić information content (AvgIpc) is 2.99. The molecule has 2 fully saturated rings. The fourth-order valence-corrected chi connectivity index (χ4v) is 3.62. The molecule has 0 aromatic carbocycles. The molecule has 114 valence electrons. The fourth-order valence-electron chi connectivity index (χ4n) is 3.19. The molecule has 0 radical (unpaired) electrons. The lowest BCUT2D eigenvalue weighted by Gasteiger charge is -2.33. The molecular formula is C15H26N2O2S. The third kappa shape index (κ3) is 4.40. The summed E-state index contributed by atoms with van der Waals surface area (Å²) in [6, 6.07) is 0. The number of thioether (sulfide) groups is 1. The van der Waals surface area contributed by atoms with Crippen molar-refractivity contribution in [3.8, 4) is 0 Å². The number of amides is 2. The molecule has 0 saturated carbocycles. The van der Waals surface area contributed by atoms with Crippen LogP contribution in [0.15, 0.2) is 0 Å². The van der Waals surface area contributed by atoms with Gasteiger partial charge in [0.2, 0.25) is 11.8 Å². The first-order chi connectivity index (χ1) is 9.70. The van der Waals surface area contributed by atoms with Crippen molar-refractivity contribution in [3.63, 3.8) is 0 Å². The summed E-state index contributed by atoms with van der Waals surface area (Å²) in [6.45, 7) is 3.65. The molecular weight excluding hydrogens is 272 g/mol. The lowest BCUT2D eigenvalue weighted by molar-refractivity contribution is -0.131. The zero-order valence-corrected chi connectivity index (χ0v) is 13.3. The second-order valence-corrected chi connectivity index (χ2v) is 6.77. The molecule has 20 heavy (non-hydrogen) atoms. The van der Waals surface area contributed by atoms with Gasteiger partial charge in [-0.15, -0.1) is 0 Å². The highest BCUT2D eigenvalue weighted by atomic mass is 32.2. The van der Waals surface area contributed by atoms with Crippen LogP contribution in [0, 0.1) is 5.92 Å². The number of hydrogen-bond acceptors (Lipinski definition) is 3. The Bertz CT molecular complexity index is 343. The molecule has 2 amide bonds. The molecule has 0 aliphatic carbocycles. The number of piperidine rings is 1. The quantitative estimate of drug-likeness (QED) is 0.779. The summed E-state index contributed by atoms with van der Waals surface area (Å²) in [6.07, 6.45) is 8.14. The minimum atomic E-state index is 0.257. The standard InChI is InChI=1S/C15H26N2O2S/c1-20-12-15(19)17-10-4-5-13(11-17)6-7-14(18)16-8-2-3-9-16/h13H,2-12H2,1H3. The smallest absolute Gasteiger partial charge is 0.232 e. The van der Waals surface area contributed by atoms with Crippen LogP contribution in [-0.4, -0.2) is 59.8 Å². The van der Waals surface area contributed by atoms with E-state index >= 15 is 0 Å². The molecule has 1 unspecified atom stereocenters. The van der Waals surface area contributed by atoms with Crippen LogP contribution in [0.2, 0.25) is 0 Å². The second kappa shape index (κ2) is 7.91. The van der Waals surface area contributed by atoms with Gasteiger partial charge in [0.1, 0.15) is 0 Å². The molecule has 1 atom stereocenters. The van der Waals surface area contributed by atoms with E-state index in [9.17, 15) is 9.59 Å². The number of carbonyl (C=O) groups is 2. The van der Waals surface area contributed by atoms with Gasteiger partial charge in [-0.1, -0.05) is 0 Å². The molecule has 2 aliphatic rings. The third-order valence-electron chi connectivity index (χ3n) is 4.36. The van der Waals surface area contributed by atoms with Gasteiger partial charge in [-0.05, 0) is 44.3 Å². The zero-order valence-electron chi connectivity index (χ0n) is 12.5. The molecule has 2 heterocycles. The van der Waals surface area contributed by atoms with Crippen molar-refractivity contribution < 1.29 is 9.59 Å². The molecule has 2 aliphatic heterocycles. The van der Waals surface area contributed by atoms with E-state index in [4.69, 9.17) is 0 Å². The summed E-state index contributed by atoms with van der Waals surface area (Å²) in [5.41, 5.74) is 0. The molecule has 5 heteroatoms. The summed E-state index contributed by atoms with van der Waals surface area (Å²) in [5.74, 6) is 1.67. The van der Waals surface area contributed by atoms with E-state index in [1.165, 1.54) is 0 Å². The average molecular weight is 298 g/mol. The molecule has 2 saturated heterocycles. The van der Waals surface area contributed by atoms with Crippen molar-refractivity contribution in [1.82, 2.24) is 9.80 Å². The van der Waals surface area contributed by atoms with Gasteiger partial charge >= 0.3 is 0 Å². The highest BCUT2D eigenvalue weighted by molar-refractivity contribution is 7.99. The Morgan fingerprint density at radius 3 is 2.45 bits per heavy atom. The van der Waals surface area contributed by atoms with Gasteiger partial charge < -0.3 is 9.80 Å². The van der Waals surface area contributed by atoms with E-state index in [0.29, 0.717) is 24.0 Å². The molecule has 0 bridgehead atoms. The minimum absolute atomic E-state index is 0.257. The van der Waals surface area contributed by atoms with Crippen molar-refractivity contribution in [2.75, 3.05) is 38.2 Å². The number of carbonyl (C=O) groups excluding carboxylic acids is 2. The third-order valence-corrected chi connectivity index (χ3v) is 4.90. The summed E-state index contributed by atoms with van der Waals surface area (Å²) >= 11 is 1.59. The Morgan fingerprint density at radius 2 is 1.75 bits per heavy atom. The van der Waals surface area contributed by atoms with Gasteiger partial charge in [0, 0.05) is 32.6 Å². The van der Waals surface area contributed by atoms with E-state index in [1.807, 2.05) is 16.1 Å². The molecule has 0 aromatic rings. The first-order valence-corrected chi connectivity index (χ1v) is 9.14. The van der Waals surface area contributed by atoms with E-state index in [2.05, 4.69) is 0 Å². The normalized spacial score (nSPS) is 23.1. The molecule has 2 rings (SSSR count). The molecule has 0 aromatic heterocycles. The van der Waals surface area contributed by atoms with Gasteiger partial charge in [-0.3, -0.25) is 9.59 Å². The van der Waals surface area contributed by atoms with E-state index < -0.39 is 0 Å². The van der Waals surface area contributed by atoms with Gasteiger partial charge in [0.05, 0.1) is 5.75 Å². The largest absolute Gasteiger partial charge is 0.343 e. The van der Waals surface area contributed by atoms with Gasteiger partial charge in [0.15, 0.2) is 0 Å². The van der Waals surface area contributed by atoms with Crippen LogP contribution in [0.3, 0.4) is 0 Å². The maximum atomic E-state index is 12.0. The highest BCUT2D eigenvalue weighted by Gasteiger charge is 2.25. The summed E-state index contributed by atoms with van der Waals surface area (Å²) < 4.78 is 0. The van der Waals surface area contributed by atoms with Crippen LogP contribution in [0.25, 0.3) is 0 Å². The summed E-state index contributed by atoms with van der Waals surface area (Å²) in [4.78, 5) is 28.0. The number of likely N-dealkylation sites (tertiary alicyclic amines) is 2. The van der Waals surface area contributed by atoms with E-state index in [1.54, 1.807) is 11.8 Å². The number of hydrogen-bond donors (Lipinski definition) is 0. The van der Waals surface area contributed by atoms with Crippen molar-refractivity contribution in [3.05, 3.63) is 0 Å². The Morgan fingerprint density at radius 1 is 1.05 bits per heavy atom. The summed E-state index contributed by atoms with van der Waals surface area (Å²) in [5, 5.41) is 0. The zero-order chi connectivity index (χ0) is 14.4. The van der Waals surface area contributed by atoms with Gasteiger partial charge in [-0.2, -0.15) is 11.8 Å². The SMILES string of the molecule is CSCC(=O)N1CCCC(CCC(=O)N2CCCC2)C1. The topological polar surface area (TPSA) is 40.6 Å². The maximum Gasteiger partial charge on any atom is 0.232 e. The number of rotatable bonds is 5. The Kier molecular flexibility index (Phi) is 6.20.